The van der Waals surface area contributed by atoms with Gasteiger partial charge in [-0.05, 0) is 91.9 Å². The van der Waals surface area contributed by atoms with Gasteiger partial charge in [-0.15, -0.1) is 0 Å². The molecule has 1 N–H and O–H groups in total. The molecule has 0 saturated carbocycles. The number of hydrogen-bond acceptors (Lipinski definition) is 4. The van der Waals surface area contributed by atoms with E-state index >= 15 is 0 Å². The summed E-state index contributed by atoms with van der Waals surface area (Å²) in [6.45, 7) is 0.872. The quantitative estimate of drug-likeness (QED) is 0.139. The van der Waals surface area contributed by atoms with E-state index in [1.165, 1.54) is 5.39 Å². The molecule has 0 aromatic heterocycles. The normalized spacial score (nSPS) is 11.1. The van der Waals surface area contributed by atoms with Crippen LogP contribution in [0, 0.1) is 11.3 Å². The van der Waals surface area contributed by atoms with Crippen molar-refractivity contribution in [3.63, 3.8) is 0 Å². The first-order valence-electron chi connectivity index (χ1n) is 12.7. The predicted octanol–water partition coefficient (Wildman–Crippen LogP) is 8.31. The van der Waals surface area contributed by atoms with Crippen LogP contribution in [0.4, 0.5) is 5.69 Å². The Balaban J connectivity index is 1.19. The van der Waals surface area contributed by atoms with Gasteiger partial charge in [0.1, 0.15) is 36.4 Å². The summed E-state index contributed by atoms with van der Waals surface area (Å²) in [6, 6.07) is 38.8. The number of rotatable bonds is 9. The summed E-state index contributed by atoms with van der Waals surface area (Å²) < 4.78 is 12.5. The molecule has 0 bridgehead atoms. The van der Waals surface area contributed by atoms with Crippen molar-refractivity contribution in [1.29, 1.82) is 5.26 Å². The highest BCUT2D eigenvalue weighted by Crippen LogP contribution is 2.28. The Morgan fingerprint density at radius 3 is 2.25 bits per heavy atom. The number of halogens is 1. The number of hydrogen-bond donors (Lipinski definition) is 1. The van der Waals surface area contributed by atoms with Gasteiger partial charge in [0, 0.05) is 5.69 Å². The summed E-state index contributed by atoms with van der Waals surface area (Å²) in [5, 5.41) is 14.8. The molecular formula is C34H25BrN2O3. The second-order valence-corrected chi connectivity index (χ2v) is 9.94. The lowest BCUT2D eigenvalue weighted by Crippen LogP contribution is -2.13. The third kappa shape index (κ3) is 6.96. The van der Waals surface area contributed by atoms with Gasteiger partial charge in [0.2, 0.25) is 0 Å². The van der Waals surface area contributed by atoms with Crippen LogP contribution in [0.3, 0.4) is 0 Å². The van der Waals surface area contributed by atoms with Crippen LogP contribution < -0.4 is 14.8 Å². The molecule has 0 aliphatic rings. The Bertz CT molecular complexity index is 1710. The van der Waals surface area contributed by atoms with Crippen molar-refractivity contribution >= 4 is 44.4 Å². The van der Waals surface area contributed by atoms with Crippen molar-refractivity contribution in [3.8, 4) is 17.6 Å². The van der Waals surface area contributed by atoms with Gasteiger partial charge in [-0.3, -0.25) is 4.79 Å². The average Bonchev–Trinajstić information content (AvgIpc) is 2.99. The second-order valence-electron chi connectivity index (χ2n) is 9.08. The van der Waals surface area contributed by atoms with E-state index in [1.54, 1.807) is 30.3 Å². The molecule has 0 fully saturated rings. The van der Waals surface area contributed by atoms with Crippen molar-refractivity contribution in [3.05, 3.63) is 142 Å². The summed E-state index contributed by atoms with van der Waals surface area (Å²) in [7, 11) is 0. The molecule has 0 atom stereocenters. The van der Waals surface area contributed by atoms with Crippen molar-refractivity contribution in [2.75, 3.05) is 5.32 Å². The summed E-state index contributed by atoms with van der Waals surface area (Å²) in [4.78, 5) is 12.8. The van der Waals surface area contributed by atoms with Crippen LogP contribution in [0.5, 0.6) is 11.5 Å². The van der Waals surface area contributed by atoms with Crippen molar-refractivity contribution in [2.24, 2.45) is 0 Å². The van der Waals surface area contributed by atoms with E-state index in [9.17, 15) is 10.1 Å². The Kier molecular flexibility index (Phi) is 8.55. The lowest BCUT2D eigenvalue weighted by molar-refractivity contribution is -0.112. The number of carbonyl (C=O) groups is 1. The number of nitrogens with zero attached hydrogens (tertiary/aromatic N) is 1. The highest BCUT2D eigenvalue weighted by atomic mass is 79.9. The number of amides is 1. The zero-order valence-electron chi connectivity index (χ0n) is 21.5. The lowest BCUT2D eigenvalue weighted by atomic mass is 10.1. The second kappa shape index (κ2) is 12.8. The fraction of sp³-hybridized carbons (Fsp3) is 0.0588. The molecule has 0 unspecified atom stereocenters. The minimum Gasteiger partial charge on any atom is -0.489 e. The molecule has 0 saturated heterocycles. The standard InChI is InChI=1S/C34H25BrN2O3/c35-32-20-25(11-17-33(32)40-23-26-10-12-27-8-4-5-9-28(27)19-26)18-29(21-36)34(38)37-30-13-15-31(16-14-30)39-22-24-6-2-1-3-7-24/h1-20H,22-23H2,(H,37,38)/b29-18+. The van der Waals surface area contributed by atoms with E-state index in [1.807, 2.05) is 66.7 Å². The molecule has 6 heteroatoms. The zero-order valence-corrected chi connectivity index (χ0v) is 23.1. The maximum absolute atomic E-state index is 12.8. The van der Waals surface area contributed by atoms with E-state index in [0.717, 1.165) is 21.0 Å². The highest BCUT2D eigenvalue weighted by Gasteiger charge is 2.11. The largest absolute Gasteiger partial charge is 0.489 e. The molecule has 1 amide bonds. The molecule has 40 heavy (non-hydrogen) atoms. The van der Waals surface area contributed by atoms with E-state index in [-0.39, 0.29) is 5.57 Å². The van der Waals surface area contributed by atoms with Crippen LogP contribution in [0.1, 0.15) is 16.7 Å². The number of benzene rings is 5. The lowest BCUT2D eigenvalue weighted by Gasteiger charge is -2.10. The van der Waals surface area contributed by atoms with Gasteiger partial charge in [-0.25, -0.2) is 0 Å². The predicted molar refractivity (Wildman–Crippen MR) is 162 cm³/mol. The zero-order chi connectivity index (χ0) is 27.7. The van der Waals surface area contributed by atoms with Crippen LogP contribution in [0.15, 0.2) is 125 Å². The molecule has 0 aliphatic heterocycles. The number of anilines is 1. The minimum atomic E-state index is -0.492. The number of nitrogens with one attached hydrogen (secondary N) is 1. The van der Waals surface area contributed by atoms with Gasteiger partial charge >= 0.3 is 0 Å². The summed E-state index contributed by atoms with van der Waals surface area (Å²) >= 11 is 3.55. The van der Waals surface area contributed by atoms with E-state index in [2.05, 4.69) is 51.6 Å². The van der Waals surface area contributed by atoms with Crippen molar-refractivity contribution < 1.29 is 14.3 Å². The van der Waals surface area contributed by atoms with Gasteiger partial charge in [0.25, 0.3) is 5.91 Å². The fourth-order valence-electron chi connectivity index (χ4n) is 4.10. The fourth-order valence-corrected chi connectivity index (χ4v) is 4.61. The van der Waals surface area contributed by atoms with Crippen molar-refractivity contribution in [1.82, 2.24) is 0 Å². The Labute approximate surface area is 241 Å². The van der Waals surface area contributed by atoms with Crippen LogP contribution >= 0.6 is 15.9 Å². The van der Waals surface area contributed by atoms with Crippen LogP contribution in [0.2, 0.25) is 0 Å². The highest BCUT2D eigenvalue weighted by molar-refractivity contribution is 9.10. The van der Waals surface area contributed by atoms with Crippen LogP contribution in [-0.4, -0.2) is 5.91 Å². The molecule has 196 valence electrons. The molecular weight excluding hydrogens is 564 g/mol. The monoisotopic (exact) mass is 588 g/mol. The van der Waals surface area contributed by atoms with E-state index in [0.29, 0.717) is 36.0 Å². The number of carbonyl (C=O) groups excluding carboxylic acids is 1. The molecule has 0 spiro atoms. The summed E-state index contributed by atoms with van der Waals surface area (Å²) in [5.41, 5.74) is 3.38. The van der Waals surface area contributed by atoms with Gasteiger partial charge in [-0.1, -0.05) is 72.8 Å². The van der Waals surface area contributed by atoms with Gasteiger partial charge in [0.05, 0.1) is 4.47 Å². The molecule has 5 nitrogen and oxygen atoms in total. The first kappa shape index (κ1) is 26.7. The minimum absolute atomic E-state index is 0.0128. The summed E-state index contributed by atoms with van der Waals surface area (Å²) in [6.07, 6.45) is 1.55. The molecule has 0 heterocycles. The van der Waals surface area contributed by atoms with Gasteiger partial charge < -0.3 is 14.8 Å². The Hall–Kier alpha value is -4.86. The molecule has 5 rings (SSSR count). The van der Waals surface area contributed by atoms with Crippen molar-refractivity contribution in [2.45, 2.75) is 13.2 Å². The first-order valence-corrected chi connectivity index (χ1v) is 13.5. The van der Waals surface area contributed by atoms with Gasteiger partial charge in [0.15, 0.2) is 0 Å². The summed E-state index contributed by atoms with van der Waals surface area (Å²) in [5.74, 6) is 0.863. The molecule has 5 aromatic rings. The third-order valence-corrected chi connectivity index (χ3v) is 6.82. The topological polar surface area (TPSA) is 71.3 Å². The van der Waals surface area contributed by atoms with Gasteiger partial charge in [-0.2, -0.15) is 5.26 Å². The first-order chi connectivity index (χ1) is 19.6. The molecule has 0 radical (unpaired) electrons. The van der Waals surface area contributed by atoms with Crippen LogP contribution in [-0.2, 0) is 18.0 Å². The number of nitriles is 1. The smallest absolute Gasteiger partial charge is 0.266 e. The number of fused-ring (bicyclic) bond motifs is 1. The van der Waals surface area contributed by atoms with E-state index in [4.69, 9.17) is 9.47 Å². The Morgan fingerprint density at radius 1 is 0.775 bits per heavy atom. The average molecular weight is 589 g/mol. The maximum Gasteiger partial charge on any atom is 0.266 e. The van der Waals surface area contributed by atoms with E-state index < -0.39 is 5.91 Å². The number of ether oxygens (including phenoxy) is 2. The third-order valence-electron chi connectivity index (χ3n) is 6.20. The van der Waals surface area contributed by atoms with Crippen LogP contribution in [0.25, 0.3) is 16.8 Å². The molecule has 5 aromatic carbocycles. The maximum atomic E-state index is 12.8. The molecule has 0 aliphatic carbocycles. The SMILES string of the molecule is N#C/C(=C\c1ccc(OCc2ccc3ccccc3c2)c(Br)c1)C(=O)Nc1ccc(OCc2ccccc2)cc1. The Morgan fingerprint density at radius 2 is 1.50 bits per heavy atom.